The third-order valence-electron chi connectivity index (χ3n) is 9.88. The summed E-state index contributed by atoms with van der Waals surface area (Å²) in [4.78, 5) is 12.4. The van der Waals surface area contributed by atoms with Gasteiger partial charge in [-0.25, -0.2) is 0 Å². The zero-order chi connectivity index (χ0) is 34.5. The van der Waals surface area contributed by atoms with Gasteiger partial charge >= 0.3 is 0 Å². The summed E-state index contributed by atoms with van der Waals surface area (Å²) in [5, 5.41) is 33.1. The van der Waals surface area contributed by atoms with Crippen LogP contribution in [0.25, 0.3) is 0 Å². The minimum atomic E-state index is -1.09. The van der Waals surface area contributed by atoms with Gasteiger partial charge in [-0.15, -0.1) is 0 Å². The van der Waals surface area contributed by atoms with Gasteiger partial charge < -0.3 is 20.6 Å². The molecule has 0 radical (unpaired) electrons. The van der Waals surface area contributed by atoms with Crippen molar-refractivity contribution in [3.8, 4) is 0 Å². The van der Waals surface area contributed by atoms with Gasteiger partial charge in [0.15, 0.2) is 0 Å². The molecule has 0 fully saturated rings. The minimum absolute atomic E-state index is 0.359. The van der Waals surface area contributed by atoms with Crippen LogP contribution >= 0.6 is 0 Å². The Morgan fingerprint density at radius 3 is 1.17 bits per heavy atom. The van der Waals surface area contributed by atoms with Crippen LogP contribution in [0.4, 0.5) is 0 Å². The molecule has 5 nitrogen and oxygen atoms in total. The number of hydrogen-bond donors (Lipinski definition) is 4. The number of unbranched alkanes of at least 4 members (excludes halogenated alkanes) is 30. The second-order valence-electron chi connectivity index (χ2n) is 14.6. The Kier molecular flexibility index (Phi) is 37.2. The van der Waals surface area contributed by atoms with Crippen molar-refractivity contribution >= 4 is 5.91 Å². The van der Waals surface area contributed by atoms with Crippen molar-refractivity contribution in [1.82, 2.24) is 5.32 Å². The lowest BCUT2D eigenvalue weighted by atomic mass is 10.0. The summed E-state index contributed by atoms with van der Waals surface area (Å²) >= 11 is 0. The first-order valence-electron chi connectivity index (χ1n) is 21.0. The van der Waals surface area contributed by atoms with Crippen molar-refractivity contribution in [1.29, 1.82) is 0 Å². The lowest BCUT2D eigenvalue weighted by molar-refractivity contribution is -0.131. The Labute approximate surface area is 293 Å². The molecule has 0 bridgehead atoms. The Hall–Kier alpha value is -0.910. The van der Waals surface area contributed by atoms with Gasteiger partial charge in [-0.1, -0.05) is 219 Å². The van der Waals surface area contributed by atoms with E-state index in [1.54, 1.807) is 6.08 Å². The molecule has 47 heavy (non-hydrogen) atoms. The fraction of sp³-hybridized carbons (Fsp3) is 0.929. The number of carbonyl (C=O) groups excluding carboxylic acids is 1. The van der Waals surface area contributed by atoms with Gasteiger partial charge in [-0.05, 0) is 19.3 Å². The first kappa shape index (κ1) is 46.1. The molecule has 0 aliphatic rings. The molecular formula is C42H83NO4. The molecule has 0 aliphatic heterocycles. The molecule has 0 saturated carbocycles. The van der Waals surface area contributed by atoms with E-state index < -0.39 is 24.2 Å². The number of hydrogen-bond acceptors (Lipinski definition) is 4. The molecule has 0 aromatic rings. The summed E-state index contributed by atoms with van der Waals surface area (Å²) in [5.74, 6) is -0.500. The number of nitrogens with one attached hydrogen (secondary N) is 1. The van der Waals surface area contributed by atoms with Crippen LogP contribution in [0, 0.1) is 0 Å². The number of amides is 1. The molecule has 0 spiro atoms. The highest BCUT2D eigenvalue weighted by Crippen LogP contribution is 2.16. The quantitative estimate of drug-likeness (QED) is 0.0390. The van der Waals surface area contributed by atoms with E-state index in [0.717, 1.165) is 32.1 Å². The van der Waals surface area contributed by atoms with Crippen molar-refractivity contribution in [3.63, 3.8) is 0 Å². The summed E-state index contributed by atoms with van der Waals surface area (Å²) in [7, 11) is 0. The molecular weight excluding hydrogens is 582 g/mol. The zero-order valence-electron chi connectivity index (χ0n) is 31.7. The SMILES string of the molecule is CCCCCCCCCCCCCCCCC/C=C/C(O)C(CO)NC(=O)C(O)CCCCCCCCCCCCCCCCCC. The third kappa shape index (κ3) is 33.4. The summed E-state index contributed by atoms with van der Waals surface area (Å²) in [6.45, 7) is 4.19. The van der Waals surface area contributed by atoms with Crippen molar-refractivity contribution in [2.24, 2.45) is 0 Å². The molecule has 0 saturated heterocycles. The highest BCUT2D eigenvalue weighted by atomic mass is 16.3. The van der Waals surface area contributed by atoms with E-state index in [-0.39, 0.29) is 6.61 Å². The van der Waals surface area contributed by atoms with Crippen molar-refractivity contribution in [3.05, 3.63) is 12.2 Å². The normalized spacial score (nSPS) is 13.7. The van der Waals surface area contributed by atoms with Crippen LogP contribution in [0.3, 0.4) is 0 Å². The highest BCUT2D eigenvalue weighted by molar-refractivity contribution is 5.80. The van der Waals surface area contributed by atoms with Crippen molar-refractivity contribution in [2.45, 2.75) is 244 Å². The lowest BCUT2D eigenvalue weighted by Crippen LogP contribution is -2.48. The van der Waals surface area contributed by atoms with Crippen LogP contribution in [0.15, 0.2) is 12.2 Å². The number of aliphatic hydroxyl groups excluding tert-OH is 3. The molecule has 0 heterocycles. The fourth-order valence-electron chi connectivity index (χ4n) is 6.54. The zero-order valence-corrected chi connectivity index (χ0v) is 31.7. The molecule has 0 aliphatic carbocycles. The molecule has 1 amide bonds. The summed E-state index contributed by atoms with van der Waals surface area (Å²) in [6.07, 6.45) is 43.7. The predicted octanol–water partition coefficient (Wildman–Crippen LogP) is 11.7. The average Bonchev–Trinajstić information content (AvgIpc) is 3.07. The van der Waals surface area contributed by atoms with Gasteiger partial charge in [0, 0.05) is 0 Å². The van der Waals surface area contributed by atoms with Crippen LogP contribution in [-0.2, 0) is 4.79 Å². The molecule has 0 aromatic carbocycles. The molecule has 4 N–H and O–H groups in total. The smallest absolute Gasteiger partial charge is 0.249 e. The molecule has 5 heteroatoms. The second kappa shape index (κ2) is 37.9. The molecule has 0 aromatic heterocycles. The first-order valence-corrected chi connectivity index (χ1v) is 21.0. The van der Waals surface area contributed by atoms with Gasteiger partial charge in [0.05, 0.1) is 18.8 Å². The Balaban J connectivity index is 3.67. The van der Waals surface area contributed by atoms with Gasteiger partial charge in [0.2, 0.25) is 5.91 Å². The van der Waals surface area contributed by atoms with E-state index in [0.29, 0.717) is 6.42 Å². The summed E-state index contributed by atoms with van der Waals surface area (Å²) in [5.41, 5.74) is 0. The van der Waals surface area contributed by atoms with Gasteiger partial charge in [0.25, 0.3) is 0 Å². The first-order chi connectivity index (χ1) is 23.1. The Morgan fingerprint density at radius 1 is 0.511 bits per heavy atom. The van der Waals surface area contributed by atoms with Crippen LogP contribution in [-0.4, -0.2) is 46.1 Å². The van der Waals surface area contributed by atoms with Crippen LogP contribution in [0.2, 0.25) is 0 Å². The largest absolute Gasteiger partial charge is 0.394 e. The lowest BCUT2D eigenvalue weighted by Gasteiger charge is -2.21. The van der Waals surface area contributed by atoms with Crippen LogP contribution < -0.4 is 5.32 Å². The number of aliphatic hydroxyl groups is 3. The van der Waals surface area contributed by atoms with E-state index in [4.69, 9.17) is 0 Å². The van der Waals surface area contributed by atoms with E-state index in [1.165, 1.54) is 173 Å². The van der Waals surface area contributed by atoms with Crippen molar-refractivity contribution in [2.75, 3.05) is 6.61 Å². The predicted molar refractivity (Wildman–Crippen MR) is 204 cm³/mol. The maximum atomic E-state index is 12.4. The van der Waals surface area contributed by atoms with E-state index in [1.807, 2.05) is 6.08 Å². The maximum absolute atomic E-state index is 12.4. The standard InChI is InChI=1S/C42H83NO4/c1-3-5-7-9-11-13-15-17-19-21-23-24-26-28-30-32-34-36-40(45)39(38-44)43-42(47)41(46)37-35-33-31-29-27-25-22-20-18-16-14-12-10-8-6-4-2/h34,36,39-41,44-46H,3-33,35,37-38H2,1-2H3,(H,43,47)/b36-34+. The van der Waals surface area contributed by atoms with Gasteiger partial charge in [0.1, 0.15) is 6.10 Å². The van der Waals surface area contributed by atoms with Gasteiger partial charge in [-0.2, -0.15) is 0 Å². The molecule has 3 atom stereocenters. The monoisotopic (exact) mass is 666 g/mol. The van der Waals surface area contributed by atoms with E-state index in [2.05, 4.69) is 19.2 Å². The number of carbonyl (C=O) groups is 1. The van der Waals surface area contributed by atoms with E-state index in [9.17, 15) is 20.1 Å². The summed E-state index contributed by atoms with van der Waals surface area (Å²) in [6, 6.07) is -0.791. The maximum Gasteiger partial charge on any atom is 0.249 e. The average molecular weight is 666 g/mol. The van der Waals surface area contributed by atoms with E-state index >= 15 is 0 Å². The molecule has 280 valence electrons. The number of allylic oxidation sites excluding steroid dienone is 1. The highest BCUT2D eigenvalue weighted by Gasteiger charge is 2.22. The second-order valence-corrected chi connectivity index (χ2v) is 14.6. The van der Waals surface area contributed by atoms with Crippen LogP contribution in [0.5, 0.6) is 0 Å². The minimum Gasteiger partial charge on any atom is -0.394 e. The summed E-state index contributed by atoms with van der Waals surface area (Å²) < 4.78 is 0. The van der Waals surface area contributed by atoms with Crippen LogP contribution in [0.1, 0.15) is 226 Å². The topological polar surface area (TPSA) is 89.8 Å². The molecule has 0 rings (SSSR count). The fourth-order valence-corrected chi connectivity index (χ4v) is 6.54. The third-order valence-corrected chi connectivity index (χ3v) is 9.88. The molecule has 3 unspecified atom stereocenters. The Morgan fingerprint density at radius 2 is 0.830 bits per heavy atom. The van der Waals surface area contributed by atoms with Crippen molar-refractivity contribution < 1.29 is 20.1 Å². The number of rotatable bonds is 38. The van der Waals surface area contributed by atoms with Gasteiger partial charge in [-0.3, -0.25) is 4.79 Å². The Bertz CT molecular complexity index is 655.